The fraction of sp³-hybridized carbons (Fsp3) is 0.458. The van der Waals surface area contributed by atoms with Crippen LogP contribution >= 0.6 is 0 Å². The van der Waals surface area contributed by atoms with Crippen molar-refractivity contribution in [3.8, 4) is 5.88 Å². The predicted octanol–water partition coefficient (Wildman–Crippen LogP) is 1.35. The van der Waals surface area contributed by atoms with Gasteiger partial charge in [-0.05, 0) is 23.8 Å². The summed E-state index contributed by atoms with van der Waals surface area (Å²) in [5, 5.41) is 0. The largest absolute Gasteiger partial charge is 0.476 e. The van der Waals surface area contributed by atoms with Crippen LogP contribution in [0, 0.1) is 0 Å². The molecule has 33 heavy (non-hydrogen) atoms. The van der Waals surface area contributed by atoms with Crippen molar-refractivity contribution in [3.05, 3.63) is 53.2 Å². The van der Waals surface area contributed by atoms with E-state index in [1.807, 2.05) is 24.3 Å². The summed E-state index contributed by atoms with van der Waals surface area (Å²) in [6, 6.07) is 11.2. The first kappa shape index (κ1) is 23.2. The Labute approximate surface area is 194 Å². The maximum Gasteiger partial charge on any atom is 0.248 e. The predicted molar refractivity (Wildman–Crippen MR) is 126 cm³/mol. The normalized spacial score (nSPS) is 17.4. The van der Waals surface area contributed by atoms with Crippen molar-refractivity contribution < 1.29 is 19.0 Å². The third-order valence-electron chi connectivity index (χ3n) is 5.65. The maximum absolute atomic E-state index is 11.4. The van der Waals surface area contributed by atoms with Gasteiger partial charge in [0.25, 0.3) is 0 Å². The number of aromatic nitrogens is 1. The van der Waals surface area contributed by atoms with Gasteiger partial charge in [-0.2, -0.15) is 0 Å². The highest BCUT2D eigenvalue weighted by molar-refractivity contribution is 5.92. The monoisotopic (exact) mass is 453 g/mol. The molecular formula is C24H31N5O4. The third kappa shape index (κ3) is 6.98. The van der Waals surface area contributed by atoms with Gasteiger partial charge in [-0.25, -0.2) is 4.98 Å². The van der Waals surface area contributed by atoms with Gasteiger partial charge >= 0.3 is 0 Å². The average molecular weight is 454 g/mol. The van der Waals surface area contributed by atoms with Crippen molar-refractivity contribution in [2.45, 2.75) is 6.54 Å². The van der Waals surface area contributed by atoms with Crippen LogP contribution in [0.3, 0.4) is 0 Å². The van der Waals surface area contributed by atoms with Crippen molar-refractivity contribution in [2.75, 3.05) is 70.7 Å². The van der Waals surface area contributed by atoms with Crippen LogP contribution in [-0.2, 0) is 16.0 Å². The van der Waals surface area contributed by atoms with Crippen molar-refractivity contribution in [1.82, 2.24) is 9.88 Å². The number of rotatable bonds is 9. The summed E-state index contributed by atoms with van der Waals surface area (Å²) in [5.41, 5.74) is 8.54. The quantitative estimate of drug-likeness (QED) is 0.572. The maximum atomic E-state index is 11.4. The number of anilines is 1. The molecule has 1 amide bonds. The summed E-state index contributed by atoms with van der Waals surface area (Å²) >= 11 is 0. The molecule has 0 saturated carbocycles. The van der Waals surface area contributed by atoms with Gasteiger partial charge in [0.05, 0.1) is 38.7 Å². The molecule has 3 heterocycles. The van der Waals surface area contributed by atoms with E-state index in [-0.39, 0.29) is 0 Å². The topological polar surface area (TPSA) is 103 Å². The van der Waals surface area contributed by atoms with E-state index in [4.69, 9.17) is 19.9 Å². The molecule has 2 fully saturated rings. The highest BCUT2D eigenvalue weighted by Crippen LogP contribution is 2.22. The lowest BCUT2D eigenvalue weighted by molar-refractivity contribution is 0.0320. The number of morpholine rings is 2. The van der Waals surface area contributed by atoms with Crippen molar-refractivity contribution in [3.63, 3.8) is 0 Å². The molecule has 0 spiro atoms. The van der Waals surface area contributed by atoms with E-state index >= 15 is 0 Å². The molecule has 2 aromatic rings. The molecule has 2 saturated heterocycles. The smallest absolute Gasteiger partial charge is 0.248 e. The molecule has 2 aliphatic rings. The highest BCUT2D eigenvalue weighted by Gasteiger charge is 2.15. The zero-order valence-electron chi connectivity index (χ0n) is 18.8. The van der Waals surface area contributed by atoms with E-state index in [0.717, 1.165) is 62.9 Å². The molecule has 2 aliphatic heterocycles. The first-order chi connectivity index (χ1) is 16.2. The third-order valence-corrected chi connectivity index (χ3v) is 5.65. The van der Waals surface area contributed by atoms with Crippen molar-refractivity contribution in [1.29, 1.82) is 0 Å². The minimum Gasteiger partial charge on any atom is -0.476 e. The van der Waals surface area contributed by atoms with Crippen molar-refractivity contribution in [2.24, 2.45) is 10.7 Å². The number of ether oxygens (including phenoxy) is 3. The first-order valence-corrected chi connectivity index (χ1v) is 11.3. The van der Waals surface area contributed by atoms with Gasteiger partial charge in [-0.1, -0.05) is 12.1 Å². The van der Waals surface area contributed by atoms with E-state index in [0.29, 0.717) is 37.8 Å². The number of nitrogens with two attached hydrogens (primary N) is 1. The molecule has 0 bridgehead atoms. The van der Waals surface area contributed by atoms with Gasteiger partial charge in [0, 0.05) is 56.3 Å². The Morgan fingerprint density at radius 2 is 1.85 bits per heavy atom. The average Bonchev–Trinajstić information content (AvgIpc) is 2.85. The zero-order valence-corrected chi connectivity index (χ0v) is 18.8. The molecule has 2 N–H and O–H groups in total. The van der Waals surface area contributed by atoms with Gasteiger partial charge in [0.2, 0.25) is 11.8 Å². The molecule has 1 aromatic heterocycles. The number of amides is 1. The number of carbonyl (C=O) groups excluding carboxylic acids is 1. The highest BCUT2D eigenvalue weighted by atomic mass is 16.5. The molecule has 0 atom stereocenters. The Morgan fingerprint density at radius 3 is 2.61 bits per heavy atom. The SMILES string of the molecule is NC(=O)c1cccc(CN=Cc2cc(N3CCOCC3)cc(OCCN3CCOCC3)n2)c1. The number of primary amides is 1. The van der Waals surface area contributed by atoms with Gasteiger partial charge < -0.3 is 24.8 Å². The van der Waals surface area contributed by atoms with Crippen LogP contribution in [-0.4, -0.2) is 87.8 Å². The van der Waals surface area contributed by atoms with Crippen LogP contribution in [0.25, 0.3) is 0 Å². The van der Waals surface area contributed by atoms with Crippen LogP contribution in [0.15, 0.2) is 41.4 Å². The summed E-state index contributed by atoms with van der Waals surface area (Å²) in [4.78, 5) is 25.2. The van der Waals surface area contributed by atoms with E-state index in [1.165, 1.54) is 0 Å². The van der Waals surface area contributed by atoms with Gasteiger partial charge in [-0.15, -0.1) is 0 Å². The molecule has 9 nitrogen and oxygen atoms in total. The molecule has 176 valence electrons. The van der Waals surface area contributed by atoms with Crippen LogP contribution in [0.1, 0.15) is 21.6 Å². The molecule has 0 aliphatic carbocycles. The molecule has 4 rings (SSSR count). The van der Waals surface area contributed by atoms with Gasteiger partial charge in [0.1, 0.15) is 6.61 Å². The Hall–Kier alpha value is -3.01. The molecular weight excluding hydrogens is 422 g/mol. The number of benzene rings is 1. The lowest BCUT2D eigenvalue weighted by Crippen LogP contribution is -2.38. The van der Waals surface area contributed by atoms with Crippen LogP contribution in [0.4, 0.5) is 5.69 Å². The lowest BCUT2D eigenvalue weighted by Gasteiger charge is -2.29. The van der Waals surface area contributed by atoms with E-state index in [1.54, 1.807) is 18.3 Å². The molecule has 0 unspecified atom stereocenters. The standard InChI is InChI=1S/C24H31N5O4/c25-24(30)20-3-1-2-19(14-20)17-26-18-21-15-22(29-7-11-32-12-8-29)16-23(27-21)33-13-6-28-4-9-31-10-5-28/h1-3,14-16,18H,4-13,17H2,(H2,25,30). The lowest BCUT2D eigenvalue weighted by atomic mass is 10.1. The molecule has 1 aromatic carbocycles. The van der Waals surface area contributed by atoms with Crippen LogP contribution in [0.2, 0.25) is 0 Å². The van der Waals surface area contributed by atoms with Gasteiger partial charge in [-0.3, -0.25) is 14.7 Å². The van der Waals surface area contributed by atoms with Crippen LogP contribution in [0.5, 0.6) is 5.88 Å². The Kier molecular flexibility index (Phi) is 8.24. The first-order valence-electron chi connectivity index (χ1n) is 11.3. The second-order valence-electron chi connectivity index (χ2n) is 8.02. The minimum atomic E-state index is -0.445. The number of pyridine rings is 1. The summed E-state index contributed by atoms with van der Waals surface area (Å²) < 4.78 is 16.9. The molecule has 9 heteroatoms. The number of hydrogen-bond donors (Lipinski definition) is 1. The van der Waals surface area contributed by atoms with E-state index in [9.17, 15) is 4.79 Å². The summed E-state index contributed by atoms with van der Waals surface area (Å²) in [7, 11) is 0. The fourth-order valence-corrected chi connectivity index (χ4v) is 3.83. The summed E-state index contributed by atoms with van der Waals surface area (Å²) in [6.45, 7) is 8.30. The van der Waals surface area contributed by atoms with Gasteiger partial charge in [0.15, 0.2) is 0 Å². The second kappa shape index (κ2) is 11.7. The summed E-state index contributed by atoms with van der Waals surface area (Å²) in [5.74, 6) is 0.143. The second-order valence-corrected chi connectivity index (χ2v) is 8.02. The van der Waals surface area contributed by atoms with Crippen molar-refractivity contribution >= 4 is 17.8 Å². The number of aliphatic imine (C=N–C) groups is 1. The summed E-state index contributed by atoms with van der Waals surface area (Å²) in [6.07, 6.45) is 1.75. The number of hydrogen-bond acceptors (Lipinski definition) is 8. The minimum absolute atomic E-state index is 0.428. The van der Waals surface area contributed by atoms with E-state index in [2.05, 4.69) is 19.8 Å². The van der Waals surface area contributed by atoms with E-state index < -0.39 is 5.91 Å². The Bertz CT molecular complexity index is 956. The Balaban J connectivity index is 1.44. The molecule has 0 radical (unpaired) electrons. The number of carbonyl (C=O) groups is 1. The Morgan fingerprint density at radius 1 is 1.09 bits per heavy atom. The van der Waals surface area contributed by atoms with Crippen LogP contribution < -0.4 is 15.4 Å². The fourth-order valence-electron chi connectivity index (χ4n) is 3.83. The number of nitrogens with zero attached hydrogens (tertiary/aromatic N) is 4. The zero-order chi connectivity index (χ0) is 22.9.